The molecule has 0 aliphatic heterocycles. The number of rotatable bonds is 5. The molecule has 0 amide bonds. The van der Waals surface area contributed by atoms with Gasteiger partial charge in [-0.2, -0.15) is 0 Å². The summed E-state index contributed by atoms with van der Waals surface area (Å²) in [4.78, 5) is 2.58. The Morgan fingerprint density at radius 1 is 0.960 bits per heavy atom. The zero-order chi connectivity index (χ0) is 17.1. The van der Waals surface area contributed by atoms with Crippen LogP contribution in [0.2, 0.25) is 0 Å². The van der Waals surface area contributed by atoms with Gasteiger partial charge in [-0.05, 0) is 60.5 Å². The topological polar surface area (TPSA) is 3.24 Å². The van der Waals surface area contributed by atoms with E-state index < -0.39 is 0 Å². The second-order valence-electron chi connectivity index (χ2n) is 7.67. The van der Waals surface area contributed by atoms with Crippen molar-refractivity contribution >= 4 is 6.08 Å². The zero-order valence-electron chi connectivity index (χ0n) is 15.4. The molecule has 0 saturated heterocycles. The molecule has 130 valence electrons. The van der Waals surface area contributed by atoms with Crippen molar-refractivity contribution in [3.63, 3.8) is 0 Å². The van der Waals surface area contributed by atoms with Crippen molar-refractivity contribution in [2.75, 3.05) is 13.6 Å². The maximum Gasteiger partial charge on any atom is 0.00923 e. The van der Waals surface area contributed by atoms with Gasteiger partial charge in [0.05, 0.1) is 0 Å². The summed E-state index contributed by atoms with van der Waals surface area (Å²) in [6.45, 7) is 1.18. The van der Waals surface area contributed by atoms with E-state index in [9.17, 15) is 0 Å². The molecule has 1 saturated carbocycles. The number of benzene rings is 2. The van der Waals surface area contributed by atoms with E-state index >= 15 is 0 Å². The minimum Gasteiger partial charge on any atom is -0.303 e. The van der Waals surface area contributed by atoms with Crippen LogP contribution in [0.5, 0.6) is 0 Å². The normalized spacial score (nSPS) is 17.2. The lowest BCUT2D eigenvalue weighted by molar-refractivity contribution is 0.195. The van der Waals surface area contributed by atoms with Crippen molar-refractivity contribution in [3.05, 3.63) is 65.2 Å². The van der Waals surface area contributed by atoms with Crippen molar-refractivity contribution in [1.82, 2.24) is 4.90 Å². The molecular weight excluding hydrogens is 302 g/mol. The molecule has 1 fully saturated rings. The van der Waals surface area contributed by atoms with Crippen LogP contribution in [-0.4, -0.2) is 24.5 Å². The molecule has 0 spiro atoms. The summed E-state index contributed by atoms with van der Waals surface area (Å²) in [5, 5.41) is 0. The average molecular weight is 332 g/mol. The van der Waals surface area contributed by atoms with Crippen LogP contribution in [0.3, 0.4) is 0 Å². The minimum absolute atomic E-state index is 0.817. The summed E-state index contributed by atoms with van der Waals surface area (Å²) in [6.07, 6.45) is 14.0. The van der Waals surface area contributed by atoms with Crippen LogP contribution in [0.15, 0.2) is 48.5 Å². The van der Waals surface area contributed by atoms with E-state index in [1.54, 1.807) is 0 Å². The van der Waals surface area contributed by atoms with Crippen LogP contribution in [0.4, 0.5) is 0 Å². The summed E-state index contributed by atoms with van der Waals surface area (Å²) in [5.41, 5.74) is 7.21. The van der Waals surface area contributed by atoms with Gasteiger partial charge in [0, 0.05) is 12.6 Å². The number of nitrogens with zero attached hydrogens (tertiary/aromatic N) is 1. The monoisotopic (exact) mass is 331 g/mol. The molecular formula is C24H29N. The summed E-state index contributed by atoms with van der Waals surface area (Å²) in [6, 6.07) is 16.4. The third-order valence-electron chi connectivity index (χ3n) is 6.03. The Bertz CT molecular complexity index is 752. The molecule has 0 atom stereocenters. The molecule has 1 heteroatoms. The van der Waals surface area contributed by atoms with E-state index in [1.165, 1.54) is 66.5 Å². The Balaban J connectivity index is 1.40. The fraction of sp³-hybridized carbons (Fsp3) is 0.417. The van der Waals surface area contributed by atoms with Gasteiger partial charge in [-0.25, -0.2) is 0 Å². The second-order valence-corrected chi connectivity index (χ2v) is 7.67. The largest absolute Gasteiger partial charge is 0.303 e. The van der Waals surface area contributed by atoms with Crippen LogP contribution in [0, 0.1) is 0 Å². The summed E-state index contributed by atoms with van der Waals surface area (Å²) in [7, 11) is 2.31. The highest BCUT2D eigenvalue weighted by atomic mass is 15.1. The lowest BCUT2D eigenvalue weighted by Crippen LogP contribution is -2.33. The molecule has 0 aromatic heterocycles. The fourth-order valence-electron chi connectivity index (χ4n) is 4.53. The highest BCUT2D eigenvalue weighted by Gasteiger charge is 2.19. The van der Waals surface area contributed by atoms with Gasteiger partial charge in [-0.3, -0.25) is 0 Å². The molecule has 0 unspecified atom stereocenters. The lowest BCUT2D eigenvalue weighted by atomic mass is 9.94. The van der Waals surface area contributed by atoms with Gasteiger partial charge in [0.1, 0.15) is 0 Å². The maximum absolute atomic E-state index is 2.58. The van der Waals surface area contributed by atoms with Crippen molar-refractivity contribution in [3.8, 4) is 11.1 Å². The third-order valence-corrected chi connectivity index (χ3v) is 6.03. The molecule has 0 bridgehead atoms. The van der Waals surface area contributed by atoms with E-state index in [-0.39, 0.29) is 0 Å². The maximum atomic E-state index is 2.58. The molecule has 4 rings (SSSR count). The molecule has 2 aromatic rings. The molecule has 25 heavy (non-hydrogen) atoms. The first-order valence-corrected chi connectivity index (χ1v) is 9.90. The Morgan fingerprint density at radius 3 is 2.64 bits per heavy atom. The Labute approximate surface area is 152 Å². The lowest BCUT2D eigenvalue weighted by Gasteiger charge is -2.30. The van der Waals surface area contributed by atoms with Crippen LogP contribution in [-0.2, 0) is 6.42 Å². The van der Waals surface area contributed by atoms with E-state index in [2.05, 4.69) is 66.6 Å². The highest BCUT2D eigenvalue weighted by molar-refractivity contribution is 5.80. The van der Waals surface area contributed by atoms with E-state index in [0.717, 1.165) is 18.9 Å². The van der Waals surface area contributed by atoms with Crippen LogP contribution in [0.1, 0.15) is 55.2 Å². The highest BCUT2D eigenvalue weighted by Crippen LogP contribution is 2.38. The van der Waals surface area contributed by atoms with Gasteiger partial charge < -0.3 is 4.90 Å². The third kappa shape index (κ3) is 3.57. The van der Waals surface area contributed by atoms with Crippen molar-refractivity contribution < 1.29 is 0 Å². The van der Waals surface area contributed by atoms with Crippen LogP contribution >= 0.6 is 0 Å². The number of hydrogen-bond acceptors (Lipinski definition) is 1. The van der Waals surface area contributed by atoms with E-state index in [1.807, 2.05) is 0 Å². The van der Waals surface area contributed by atoms with Gasteiger partial charge in [-0.1, -0.05) is 73.9 Å². The van der Waals surface area contributed by atoms with Crippen molar-refractivity contribution in [2.45, 2.75) is 51.0 Å². The Morgan fingerprint density at radius 2 is 1.76 bits per heavy atom. The van der Waals surface area contributed by atoms with Gasteiger partial charge in [0.15, 0.2) is 0 Å². The smallest absolute Gasteiger partial charge is 0.00923 e. The SMILES string of the molecule is CN(CC/C=C/c1cccc2c1Cc1ccccc1-2)C1CCCCC1. The molecule has 2 aromatic carbocycles. The minimum atomic E-state index is 0.817. The quantitative estimate of drug-likeness (QED) is 0.560. The predicted molar refractivity (Wildman–Crippen MR) is 108 cm³/mol. The van der Waals surface area contributed by atoms with Crippen molar-refractivity contribution in [2.24, 2.45) is 0 Å². The summed E-state index contributed by atoms with van der Waals surface area (Å²) < 4.78 is 0. The molecule has 0 radical (unpaired) electrons. The first-order valence-electron chi connectivity index (χ1n) is 9.90. The Hall–Kier alpha value is -1.86. The predicted octanol–water partition coefficient (Wildman–Crippen LogP) is 5.93. The van der Waals surface area contributed by atoms with Gasteiger partial charge in [-0.15, -0.1) is 0 Å². The second kappa shape index (κ2) is 7.58. The molecule has 0 heterocycles. The standard InChI is InChI=1S/C24H29N/c1-25(21-13-3-2-4-14-21)17-8-7-10-19-12-9-16-23-22-15-6-5-11-20(22)18-24(19)23/h5-7,9-12,15-16,21H,2-4,8,13-14,17-18H2,1H3/b10-7+. The zero-order valence-corrected chi connectivity index (χ0v) is 15.4. The number of hydrogen-bond donors (Lipinski definition) is 0. The summed E-state index contributed by atoms with van der Waals surface area (Å²) >= 11 is 0. The Kier molecular flexibility index (Phi) is 5.03. The van der Waals surface area contributed by atoms with E-state index in [4.69, 9.17) is 0 Å². The number of fused-ring (bicyclic) bond motifs is 3. The molecule has 2 aliphatic rings. The van der Waals surface area contributed by atoms with Gasteiger partial charge in [0.25, 0.3) is 0 Å². The summed E-state index contributed by atoms with van der Waals surface area (Å²) in [5.74, 6) is 0. The van der Waals surface area contributed by atoms with Crippen molar-refractivity contribution in [1.29, 1.82) is 0 Å². The van der Waals surface area contributed by atoms with Crippen LogP contribution in [0.25, 0.3) is 17.2 Å². The first-order chi connectivity index (χ1) is 12.3. The average Bonchev–Trinajstić information content (AvgIpc) is 3.05. The van der Waals surface area contributed by atoms with Crippen LogP contribution < -0.4 is 0 Å². The van der Waals surface area contributed by atoms with E-state index in [0.29, 0.717) is 0 Å². The molecule has 1 nitrogen and oxygen atoms in total. The van der Waals surface area contributed by atoms with Gasteiger partial charge >= 0.3 is 0 Å². The first kappa shape index (κ1) is 16.6. The molecule has 2 aliphatic carbocycles. The van der Waals surface area contributed by atoms with Gasteiger partial charge in [0.2, 0.25) is 0 Å². The molecule has 0 N–H and O–H groups in total. The fourth-order valence-corrected chi connectivity index (χ4v) is 4.53.